The maximum atomic E-state index is 12.9. The molecule has 252 valence electrons. The van der Waals surface area contributed by atoms with Crippen molar-refractivity contribution in [2.45, 2.75) is 52.2 Å². The number of hydrogen-bond donors (Lipinski definition) is 2. The van der Waals surface area contributed by atoms with E-state index in [1.165, 1.54) is 59.0 Å². The van der Waals surface area contributed by atoms with E-state index in [1.807, 2.05) is 39.0 Å². The summed E-state index contributed by atoms with van der Waals surface area (Å²) in [6, 6.07) is 16.2. The molecule has 1 aliphatic heterocycles. The predicted molar refractivity (Wildman–Crippen MR) is 176 cm³/mol. The van der Waals surface area contributed by atoms with Crippen LogP contribution in [-0.2, 0) is 22.4 Å². The van der Waals surface area contributed by atoms with Crippen molar-refractivity contribution in [1.29, 1.82) is 0 Å². The van der Waals surface area contributed by atoms with Gasteiger partial charge in [0, 0.05) is 6.42 Å². The van der Waals surface area contributed by atoms with E-state index in [9.17, 15) is 27.9 Å². The lowest BCUT2D eigenvalue weighted by Crippen LogP contribution is -2.32. The number of anilines is 2. The van der Waals surface area contributed by atoms with Gasteiger partial charge in [-0.15, -0.1) is 13.2 Å². The number of aliphatic hydroxyl groups is 1. The van der Waals surface area contributed by atoms with Crippen molar-refractivity contribution >= 4 is 40.2 Å². The zero-order valence-corrected chi connectivity index (χ0v) is 27.3. The molecular formula is C33H33F3N6O5S. The molecule has 0 spiro atoms. The molecule has 4 aromatic rings. The molecule has 0 bridgehead atoms. The Bertz CT molecular complexity index is 1830. The third-order valence-corrected chi connectivity index (χ3v) is 8.27. The van der Waals surface area contributed by atoms with Crippen LogP contribution in [-0.4, -0.2) is 62.5 Å². The van der Waals surface area contributed by atoms with Gasteiger partial charge in [0.05, 0.1) is 35.5 Å². The molecule has 0 aliphatic carbocycles. The highest BCUT2D eigenvalue weighted by atomic mass is 32.2. The summed E-state index contributed by atoms with van der Waals surface area (Å²) in [5, 5.41) is 18.5. The maximum Gasteiger partial charge on any atom is 0.573 e. The summed E-state index contributed by atoms with van der Waals surface area (Å²) in [6.07, 6.45) is -3.98. The van der Waals surface area contributed by atoms with E-state index in [1.54, 1.807) is 18.2 Å². The first kappa shape index (κ1) is 34.4. The SMILES string of the molecule is COC(=O)c1cc(CCc2ncn(-c3ccc(OC(F)(F)F)cc3)n2)ccc1NC(O)/N=C1\SCC(=O)N1c1cc(C)ccc1C(C)C. The Morgan fingerprint density at radius 2 is 1.85 bits per heavy atom. The minimum absolute atomic E-state index is 0.147. The number of alkyl halides is 3. The number of aliphatic imine (C=N–C) groups is 1. The Hall–Kier alpha value is -4.89. The number of benzene rings is 3. The van der Waals surface area contributed by atoms with Crippen LogP contribution >= 0.6 is 11.8 Å². The first-order valence-corrected chi connectivity index (χ1v) is 15.9. The number of aromatic nitrogens is 3. The number of methoxy groups -OCH3 is 1. The molecule has 1 atom stereocenters. The Morgan fingerprint density at radius 1 is 1.10 bits per heavy atom. The summed E-state index contributed by atoms with van der Waals surface area (Å²) in [7, 11) is 1.25. The summed E-state index contributed by atoms with van der Waals surface area (Å²) in [5.41, 5.74) is 4.39. The number of amides is 1. The first-order valence-electron chi connectivity index (χ1n) is 14.9. The molecule has 5 rings (SSSR count). The second-order valence-corrected chi connectivity index (χ2v) is 12.1. The third kappa shape index (κ3) is 8.33. The lowest BCUT2D eigenvalue weighted by molar-refractivity contribution is -0.274. The van der Waals surface area contributed by atoms with Gasteiger partial charge in [-0.1, -0.05) is 43.8 Å². The van der Waals surface area contributed by atoms with Crippen LogP contribution in [0.15, 0.2) is 72.0 Å². The van der Waals surface area contributed by atoms with Gasteiger partial charge in [-0.05, 0) is 78.4 Å². The summed E-state index contributed by atoms with van der Waals surface area (Å²) in [6.45, 7) is 6.02. The summed E-state index contributed by atoms with van der Waals surface area (Å²) < 4.78 is 47.7. The van der Waals surface area contributed by atoms with Crippen LogP contribution in [0.4, 0.5) is 24.5 Å². The van der Waals surface area contributed by atoms with Gasteiger partial charge in [-0.2, -0.15) is 5.10 Å². The van der Waals surface area contributed by atoms with Crippen molar-refractivity contribution < 1.29 is 37.3 Å². The van der Waals surface area contributed by atoms with E-state index >= 15 is 0 Å². The molecule has 1 fully saturated rings. The fourth-order valence-corrected chi connectivity index (χ4v) is 5.94. The predicted octanol–water partition coefficient (Wildman–Crippen LogP) is 5.99. The Labute approximate surface area is 278 Å². The Morgan fingerprint density at radius 3 is 2.54 bits per heavy atom. The first-order chi connectivity index (χ1) is 22.8. The average molecular weight is 683 g/mol. The monoisotopic (exact) mass is 682 g/mol. The zero-order chi connectivity index (χ0) is 34.6. The van der Waals surface area contributed by atoms with Gasteiger partial charge < -0.3 is 19.9 Å². The lowest BCUT2D eigenvalue weighted by Gasteiger charge is -2.23. The molecule has 2 N–H and O–H groups in total. The van der Waals surface area contributed by atoms with Crippen LogP contribution in [0.2, 0.25) is 0 Å². The number of thioether (sulfide) groups is 1. The molecule has 2 heterocycles. The van der Waals surface area contributed by atoms with Crippen molar-refractivity contribution in [1.82, 2.24) is 14.8 Å². The molecule has 1 amide bonds. The second kappa shape index (κ2) is 14.5. The number of nitrogens with one attached hydrogen (secondary N) is 1. The number of ether oxygens (including phenoxy) is 2. The van der Waals surface area contributed by atoms with Crippen LogP contribution in [0.1, 0.15) is 52.6 Å². The molecule has 1 saturated heterocycles. The summed E-state index contributed by atoms with van der Waals surface area (Å²) in [4.78, 5) is 35.8. The zero-order valence-electron chi connectivity index (χ0n) is 26.5. The molecule has 1 aliphatic rings. The molecule has 3 aromatic carbocycles. The smallest absolute Gasteiger partial charge is 0.465 e. The molecule has 11 nitrogen and oxygen atoms in total. The van der Waals surface area contributed by atoms with Gasteiger partial charge in [0.2, 0.25) is 12.3 Å². The van der Waals surface area contributed by atoms with E-state index in [0.717, 1.165) is 22.4 Å². The van der Waals surface area contributed by atoms with E-state index in [-0.39, 0.29) is 34.6 Å². The fourth-order valence-electron chi connectivity index (χ4n) is 5.05. The Kier molecular flexibility index (Phi) is 10.4. The van der Waals surface area contributed by atoms with Crippen molar-refractivity contribution in [3.63, 3.8) is 0 Å². The summed E-state index contributed by atoms with van der Waals surface area (Å²) in [5.74, 6) is -0.323. The lowest BCUT2D eigenvalue weighted by atomic mass is 9.99. The minimum Gasteiger partial charge on any atom is -0.465 e. The number of rotatable bonds is 11. The summed E-state index contributed by atoms with van der Waals surface area (Å²) >= 11 is 1.22. The van der Waals surface area contributed by atoms with Crippen molar-refractivity contribution in [2.75, 3.05) is 23.1 Å². The molecule has 0 saturated carbocycles. The number of halogens is 3. The van der Waals surface area contributed by atoms with Gasteiger partial charge in [0.1, 0.15) is 12.1 Å². The normalized spacial score (nSPS) is 14.9. The Balaban J connectivity index is 1.28. The van der Waals surface area contributed by atoms with E-state index in [2.05, 4.69) is 25.1 Å². The fraction of sp³-hybridized carbons (Fsp3) is 0.303. The van der Waals surface area contributed by atoms with Gasteiger partial charge in [-0.3, -0.25) is 9.69 Å². The van der Waals surface area contributed by atoms with Gasteiger partial charge in [0.15, 0.2) is 11.0 Å². The minimum atomic E-state index is -4.78. The maximum absolute atomic E-state index is 12.9. The van der Waals surface area contributed by atoms with Crippen LogP contribution < -0.4 is 15.0 Å². The molecular weight excluding hydrogens is 649 g/mol. The van der Waals surface area contributed by atoms with E-state index in [0.29, 0.717) is 29.5 Å². The van der Waals surface area contributed by atoms with E-state index < -0.39 is 18.7 Å². The van der Waals surface area contributed by atoms with E-state index in [4.69, 9.17) is 4.74 Å². The highest BCUT2D eigenvalue weighted by Gasteiger charge is 2.33. The van der Waals surface area contributed by atoms with Crippen molar-refractivity contribution in [3.05, 3.63) is 95.1 Å². The van der Waals surface area contributed by atoms with Gasteiger partial charge in [0.25, 0.3) is 0 Å². The van der Waals surface area contributed by atoms with Gasteiger partial charge >= 0.3 is 12.3 Å². The number of nitrogens with zero attached hydrogens (tertiary/aromatic N) is 5. The van der Waals surface area contributed by atoms with Crippen LogP contribution in [0, 0.1) is 6.92 Å². The van der Waals surface area contributed by atoms with Crippen LogP contribution in [0.5, 0.6) is 5.75 Å². The number of esters is 1. The largest absolute Gasteiger partial charge is 0.573 e. The second-order valence-electron chi connectivity index (χ2n) is 11.2. The number of amidine groups is 1. The number of carbonyl (C=O) groups excluding carboxylic acids is 2. The molecule has 1 aromatic heterocycles. The quantitative estimate of drug-likeness (QED) is 0.145. The number of aliphatic hydroxyl groups excluding tert-OH is 1. The standard InChI is InChI=1S/C33H33F3N6O5S/c1-19(2)24-12-5-20(3)15-27(24)42-29(43)17-48-32(42)39-31(45)38-26-13-6-21(16-25(26)30(44)46-4)7-14-28-37-18-41(40-28)22-8-10-23(11-9-22)47-33(34,35)36/h5-6,8-13,15-16,18-19,31,38,45H,7,14,17H2,1-4H3/b39-32-. The topological polar surface area (TPSA) is 131 Å². The number of hydrogen-bond acceptors (Lipinski definition) is 10. The number of aryl methyl sites for hydroxylation is 3. The highest BCUT2D eigenvalue weighted by molar-refractivity contribution is 8.15. The molecule has 0 radical (unpaired) electrons. The highest BCUT2D eigenvalue weighted by Crippen LogP contribution is 2.34. The third-order valence-electron chi connectivity index (χ3n) is 7.33. The average Bonchev–Trinajstić information content (AvgIpc) is 3.65. The van der Waals surface area contributed by atoms with Crippen molar-refractivity contribution in [3.8, 4) is 11.4 Å². The van der Waals surface area contributed by atoms with Crippen LogP contribution in [0.25, 0.3) is 5.69 Å². The number of carbonyl (C=O) groups is 2. The molecule has 1 unspecified atom stereocenters. The van der Waals surface area contributed by atoms with Crippen LogP contribution in [0.3, 0.4) is 0 Å². The molecule has 15 heteroatoms. The molecule has 48 heavy (non-hydrogen) atoms. The van der Waals surface area contributed by atoms with Gasteiger partial charge in [-0.25, -0.2) is 19.5 Å². The van der Waals surface area contributed by atoms with Crippen molar-refractivity contribution in [2.24, 2.45) is 4.99 Å².